The van der Waals surface area contributed by atoms with Crippen LogP contribution >= 0.6 is 0 Å². The van der Waals surface area contributed by atoms with Gasteiger partial charge in [-0.2, -0.15) is 8.61 Å². The molecule has 196 valence electrons. The number of nitrogens with one attached hydrogen (secondary N) is 1. The SMILES string of the molecule is O=C(NCCOc1ccc(S(=O)(=O)N2CCOCC2)cc1)C1CCN(S(=O)(=O)c2ccccc2)CC1. The second kappa shape index (κ2) is 11.7. The number of piperidine rings is 1. The fourth-order valence-electron chi connectivity index (χ4n) is 4.23. The van der Waals surface area contributed by atoms with E-state index in [9.17, 15) is 21.6 Å². The molecule has 2 aromatic rings. The number of hydrogen-bond donors (Lipinski definition) is 1. The van der Waals surface area contributed by atoms with E-state index in [4.69, 9.17) is 9.47 Å². The summed E-state index contributed by atoms with van der Waals surface area (Å²) in [5, 5.41) is 2.84. The van der Waals surface area contributed by atoms with Gasteiger partial charge in [-0.1, -0.05) is 18.2 Å². The van der Waals surface area contributed by atoms with E-state index in [0.29, 0.717) is 58.0 Å². The molecule has 4 rings (SSSR count). The van der Waals surface area contributed by atoms with Crippen molar-refractivity contribution in [2.45, 2.75) is 22.6 Å². The summed E-state index contributed by atoms with van der Waals surface area (Å²) in [6.45, 7) is 2.55. The Balaban J connectivity index is 1.19. The second-order valence-electron chi connectivity index (χ2n) is 8.62. The normalized spacial score (nSPS) is 18.6. The molecular formula is C24H31N3O7S2. The van der Waals surface area contributed by atoms with Crippen LogP contribution in [0.2, 0.25) is 0 Å². The Bertz CT molecular complexity index is 1220. The molecule has 0 radical (unpaired) electrons. The fraction of sp³-hybridized carbons (Fsp3) is 0.458. The molecule has 1 N–H and O–H groups in total. The van der Waals surface area contributed by atoms with Crippen molar-refractivity contribution < 1.29 is 31.1 Å². The first-order chi connectivity index (χ1) is 17.3. The molecule has 36 heavy (non-hydrogen) atoms. The summed E-state index contributed by atoms with van der Waals surface area (Å²) in [5.74, 6) is 0.129. The number of sulfonamides is 2. The van der Waals surface area contributed by atoms with Crippen molar-refractivity contribution in [1.82, 2.24) is 13.9 Å². The van der Waals surface area contributed by atoms with E-state index in [2.05, 4.69) is 5.32 Å². The minimum Gasteiger partial charge on any atom is -0.492 e. The molecule has 0 unspecified atom stereocenters. The van der Waals surface area contributed by atoms with Crippen LogP contribution in [0.1, 0.15) is 12.8 Å². The highest BCUT2D eigenvalue weighted by molar-refractivity contribution is 7.89. The van der Waals surface area contributed by atoms with Crippen molar-refractivity contribution in [1.29, 1.82) is 0 Å². The van der Waals surface area contributed by atoms with Crippen molar-refractivity contribution in [3.63, 3.8) is 0 Å². The van der Waals surface area contributed by atoms with E-state index in [1.54, 1.807) is 42.5 Å². The molecule has 0 saturated carbocycles. The average Bonchev–Trinajstić information content (AvgIpc) is 2.92. The zero-order valence-corrected chi connectivity index (χ0v) is 21.5. The van der Waals surface area contributed by atoms with E-state index in [0.717, 1.165) is 0 Å². The van der Waals surface area contributed by atoms with Crippen LogP contribution in [0.3, 0.4) is 0 Å². The van der Waals surface area contributed by atoms with Crippen LogP contribution < -0.4 is 10.1 Å². The number of nitrogens with zero attached hydrogens (tertiary/aromatic N) is 2. The summed E-state index contributed by atoms with van der Waals surface area (Å²) in [4.78, 5) is 13.0. The standard InChI is InChI=1S/C24H31N3O7S2/c28-24(20-10-13-26(14-11-20)35(29,30)22-4-2-1-3-5-22)25-12-17-34-21-6-8-23(9-7-21)36(31,32)27-15-18-33-19-16-27/h1-9,20H,10-19H2,(H,25,28). The van der Waals surface area contributed by atoms with Gasteiger partial charge in [0.2, 0.25) is 26.0 Å². The Morgan fingerprint density at radius 1 is 0.833 bits per heavy atom. The number of ether oxygens (including phenoxy) is 2. The van der Waals surface area contributed by atoms with Gasteiger partial charge in [-0.05, 0) is 49.2 Å². The zero-order chi connectivity index (χ0) is 25.6. The van der Waals surface area contributed by atoms with E-state index in [1.807, 2.05) is 0 Å². The highest BCUT2D eigenvalue weighted by Gasteiger charge is 2.32. The molecule has 12 heteroatoms. The molecule has 2 aliphatic rings. The minimum atomic E-state index is -3.56. The van der Waals surface area contributed by atoms with E-state index < -0.39 is 20.0 Å². The smallest absolute Gasteiger partial charge is 0.243 e. The molecule has 0 atom stereocenters. The summed E-state index contributed by atoms with van der Waals surface area (Å²) in [6.07, 6.45) is 0.912. The highest BCUT2D eigenvalue weighted by atomic mass is 32.2. The van der Waals surface area contributed by atoms with Gasteiger partial charge in [-0.15, -0.1) is 0 Å². The molecule has 0 aromatic heterocycles. The number of hydrogen-bond acceptors (Lipinski definition) is 7. The molecule has 0 bridgehead atoms. The maximum atomic E-state index is 12.7. The number of morpholine rings is 1. The van der Waals surface area contributed by atoms with E-state index in [-0.39, 0.29) is 34.8 Å². The Morgan fingerprint density at radius 2 is 1.39 bits per heavy atom. The lowest BCUT2D eigenvalue weighted by atomic mass is 9.97. The van der Waals surface area contributed by atoms with Crippen molar-refractivity contribution >= 4 is 26.0 Å². The quantitative estimate of drug-likeness (QED) is 0.479. The largest absolute Gasteiger partial charge is 0.492 e. The number of carbonyl (C=O) groups is 1. The lowest BCUT2D eigenvalue weighted by molar-refractivity contribution is -0.126. The van der Waals surface area contributed by atoms with Crippen molar-refractivity contribution in [2.24, 2.45) is 5.92 Å². The van der Waals surface area contributed by atoms with Gasteiger partial charge in [-0.25, -0.2) is 16.8 Å². The van der Waals surface area contributed by atoms with Crippen LogP contribution in [0.5, 0.6) is 5.75 Å². The first-order valence-electron chi connectivity index (χ1n) is 11.9. The van der Waals surface area contributed by atoms with Gasteiger partial charge in [0, 0.05) is 32.1 Å². The van der Waals surface area contributed by atoms with Crippen LogP contribution in [0, 0.1) is 5.92 Å². The van der Waals surface area contributed by atoms with Crippen molar-refractivity contribution in [3.8, 4) is 5.75 Å². The summed E-state index contributed by atoms with van der Waals surface area (Å²) in [5.41, 5.74) is 0. The van der Waals surface area contributed by atoms with Crippen LogP contribution in [0.25, 0.3) is 0 Å². The van der Waals surface area contributed by atoms with Gasteiger partial charge in [0.05, 0.1) is 29.5 Å². The van der Waals surface area contributed by atoms with Crippen LogP contribution in [0.15, 0.2) is 64.4 Å². The summed E-state index contributed by atoms with van der Waals surface area (Å²) in [6, 6.07) is 14.5. The number of carbonyl (C=O) groups excluding carboxylic acids is 1. The van der Waals surface area contributed by atoms with Crippen molar-refractivity contribution in [3.05, 3.63) is 54.6 Å². The predicted octanol–water partition coefficient (Wildman–Crippen LogP) is 1.30. The van der Waals surface area contributed by atoms with Gasteiger partial charge in [0.1, 0.15) is 12.4 Å². The summed E-state index contributed by atoms with van der Waals surface area (Å²) < 4.78 is 64.5. The molecular weight excluding hydrogens is 506 g/mol. The van der Waals surface area contributed by atoms with Gasteiger partial charge in [0.25, 0.3) is 0 Å². The van der Waals surface area contributed by atoms with E-state index >= 15 is 0 Å². The molecule has 2 aliphatic heterocycles. The predicted molar refractivity (Wildman–Crippen MR) is 132 cm³/mol. The Hall–Kier alpha value is -2.51. The van der Waals surface area contributed by atoms with Crippen LogP contribution in [-0.4, -0.2) is 83.9 Å². The van der Waals surface area contributed by atoms with Gasteiger partial charge in [0.15, 0.2) is 0 Å². The van der Waals surface area contributed by atoms with E-state index in [1.165, 1.54) is 20.7 Å². The number of amides is 1. The Morgan fingerprint density at radius 3 is 2.00 bits per heavy atom. The maximum absolute atomic E-state index is 12.7. The van der Waals surface area contributed by atoms with Gasteiger partial charge >= 0.3 is 0 Å². The zero-order valence-electron chi connectivity index (χ0n) is 19.9. The lowest BCUT2D eigenvalue weighted by Gasteiger charge is -2.30. The van der Waals surface area contributed by atoms with Gasteiger partial charge < -0.3 is 14.8 Å². The molecule has 1 amide bonds. The summed E-state index contributed by atoms with van der Waals surface area (Å²) in [7, 11) is -7.10. The highest BCUT2D eigenvalue weighted by Crippen LogP contribution is 2.24. The lowest BCUT2D eigenvalue weighted by Crippen LogP contribution is -2.43. The second-order valence-corrected chi connectivity index (χ2v) is 12.5. The maximum Gasteiger partial charge on any atom is 0.243 e. The molecule has 2 saturated heterocycles. The molecule has 2 aromatic carbocycles. The third-order valence-electron chi connectivity index (χ3n) is 6.31. The first-order valence-corrected chi connectivity index (χ1v) is 14.8. The van der Waals surface area contributed by atoms with Crippen molar-refractivity contribution in [2.75, 3.05) is 52.5 Å². The molecule has 2 fully saturated rings. The molecule has 0 spiro atoms. The first kappa shape index (κ1) is 26.6. The minimum absolute atomic E-state index is 0.123. The van der Waals surface area contributed by atoms with Crippen LogP contribution in [-0.2, 0) is 29.6 Å². The number of benzene rings is 2. The Labute approximate surface area is 212 Å². The topological polar surface area (TPSA) is 122 Å². The third kappa shape index (κ3) is 6.24. The fourth-order valence-corrected chi connectivity index (χ4v) is 7.13. The summed E-state index contributed by atoms with van der Waals surface area (Å²) >= 11 is 0. The average molecular weight is 538 g/mol. The molecule has 0 aliphatic carbocycles. The molecule has 2 heterocycles. The number of rotatable bonds is 9. The monoisotopic (exact) mass is 537 g/mol. The third-order valence-corrected chi connectivity index (χ3v) is 10.1. The Kier molecular flexibility index (Phi) is 8.62. The molecule has 10 nitrogen and oxygen atoms in total. The van der Waals surface area contributed by atoms with Gasteiger partial charge in [-0.3, -0.25) is 4.79 Å². The van der Waals surface area contributed by atoms with Crippen LogP contribution in [0.4, 0.5) is 0 Å².